The molecule has 0 saturated carbocycles. The first-order valence-electron chi connectivity index (χ1n) is 7.40. The van der Waals surface area contributed by atoms with E-state index in [2.05, 4.69) is 4.90 Å². The average molecular weight is 315 g/mol. The summed E-state index contributed by atoms with van der Waals surface area (Å²) in [5.41, 5.74) is -1.41. The third-order valence-electron chi connectivity index (χ3n) is 5.03. The summed E-state index contributed by atoms with van der Waals surface area (Å²) in [7, 11) is 2.03. The Morgan fingerprint density at radius 3 is 2.32 bits per heavy atom. The van der Waals surface area contributed by atoms with E-state index in [0.717, 1.165) is 25.0 Å². The topological polar surface area (TPSA) is 20.3 Å². The van der Waals surface area contributed by atoms with Crippen LogP contribution >= 0.6 is 0 Å². The maximum absolute atomic E-state index is 13.3. The molecule has 0 radical (unpaired) electrons. The van der Waals surface area contributed by atoms with Gasteiger partial charge >= 0.3 is 6.18 Å². The summed E-state index contributed by atoms with van der Waals surface area (Å²) < 4.78 is 51.6. The summed E-state index contributed by atoms with van der Waals surface area (Å²) in [6, 6.07) is 3.20. The summed E-state index contributed by atoms with van der Waals surface area (Å²) in [5, 5.41) is 0. The number of halogens is 4. The molecule has 2 fully saturated rings. The van der Waals surface area contributed by atoms with Gasteiger partial charge in [-0.3, -0.25) is 4.79 Å². The van der Waals surface area contributed by atoms with Gasteiger partial charge in [-0.1, -0.05) is 0 Å². The lowest BCUT2D eigenvalue weighted by Gasteiger charge is -2.35. The van der Waals surface area contributed by atoms with Crippen LogP contribution in [-0.4, -0.2) is 29.8 Å². The van der Waals surface area contributed by atoms with Gasteiger partial charge < -0.3 is 4.90 Å². The SMILES string of the molecule is CN1C2CCC1CC(C(=O)c1ccc(F)c(C(F)(F)F)c1)C2. The maximum atomic E-state index is 13.3. The van der Waals surface area contributed by atoms with Crippen molar-refractivity contribution in [1.29, 1.82) is 0 Å². The van der Waals surface area contributed by atoms with Crippen LogP contribution in [0.3, 0.4) is 0 Å². The Balaban J connectivity index is 1.84. The number of rotatable bonds is 2. The molecule has 22 heavy (non-hydrogen) atoms. The van der Waals surface area contributed by atoms with Crippen LogP contribution in [0, 0.1) is 11.7 Å². The lowest BCUT2D eigenvalue weighted by Crippen LogP contribution is -2.42. The maximum Gasteiger partial charge on any atom is 0.419 e. The molecule has 1 aromatic carbocycles. The lowest BCUT2D eigenvalue weighted by molar-refractivity contribution is -0.140. The van der Waals surface area contributed by atoms with Crippen molar-refractivity contribution in [1.82, 2.24) is 4.90 Å². The number of ketones is 1. The van der Waals surface area contributed by atoms with E-state index in [0.29, 0.717) is 31.0 Å². The number of piperidine rings is 1. The fourth-order valence-corrected chi connectivity index (χ4v) is 3.76. The highest BCUT2D eigenvalue weighted by Crippen LogP contribution is 2.39. The zero-order valence-corrected chi connectivity index (χ0v) is 12.2. The molecule has 1 aromatic rings. The number of hydrogen-bond donors (Lipinski definition) is 0. The molecular formula is C16H17F4NO. The first-order valence-corrected chi connectivity index (χ1v) is 7.40. The molecule has 6 heteroatoms. The van der Waals surface area contributed by atoms with Gasteiger partial charge in [0.05, 0.1) is 5.56 Å². The Morgan fingerprint density at radius 2 is 1.77 bits per heavy atom. The third kappa shape index (κ3) is 2.64. The predicted octanol–water partition coefficient (Wildman–Crippen LogP) is 3.90. The predicted molar refractivity (Wildman–Crippen MR) is 73.0 cm³/mol. The first kappa shape index (κ1) is 15.5. The molecule has 2 aliphatic rings. The van der Waals surface area contributed by atoms with Gasteiger partial charge in [0.2, 0.25) is 0 Å². The number of fused-ring (bicyclic) bond motifs is 2. The zero-order valence-electron chi connectivity index (χ0n) is 12.2. The van der Waals surface area contributed by atoms with Crippen molar-refractivity contribution in [3.05, 3.63) is 35.1 Å². The quantitative estimate of drug-likeness (QED) is 0.609. The molecule has 0 N–H and O–H groups in total. The molecule has 3 rings (SSSR count). The van der Waals surface area contributed by atoms with E-state index in [-0.39, 0.29) is 17.3 Å². The Morgan fingerprint density at radius 1 is 1.18 bits per heavy atom. The van der Waals surface area contributed by atoms with Gasteiger partial charge in [0.1, 0.15) is 5.82 Å². The van der Waals surface area contributed by atoms with Crippen LogP contribution in [0.25, 0.3) is 0 Å². The van der Waals surface area contributed by atoms with Crippen molar-refractivity contribution in [2.75, 3.05) is 7.05 Å². The van der Waals surface area contributed by atoms with Crippen LogP contribution in [-0.2, 0) is 6.18 Å². The molecule has 2 aliphatic heterocycles. The normalized spacial score (nSPS) is 28.9. The second-order valence-corrected chi connectivity index (χ2v) is 6.28. The van der Waals surface area contributed by atoms with Crippen LogP contribution in [0.4, 0.5) is 17.6 Å². The second kappa shape index (κ2) is 5.33. The van der Waals surface area contributed by atoms with E-state index in [1.165, 1.54) is 0 Å². The highest BCUT2D eigenvalue weighted by molar-refractivity contribution is 5.98. The summed E-state index contributed by atoms with van der Waals surface area (Å²) in [6.07, 6.45) is -1.38. The zero-order chi connectivity index (χ0) is 16.1. The highest BCUT2D eigenvalue weighted by atomic mass is 19.4. The number of nitrogens with zero attached hydrogens (tertiary/aromatic N) is 1. The minimum absolute atomic E-state index is 0.0392. The number of hydrogen-bond acceptors (Lipinski definition) is 2. The summed E-state index contributed by atoms with van der Waals surface area (Å²) in [4.78, 5) is 14.8. The van der Waals surface area contributed by atoms with Crippen molar-refractivity contribution in [3.8, 4) is 0 Å². The lowest BCUT2D eigenvalue weighted by atomic mass is 9.84. The third-order valence-corrected chi connectivity index (χ3v) is 5.03. The van der Waals surface area contributed by atoms with Crippen molar-refractivity contribution < 1.29 is 22.4 Å². The minimum Gasteiger partial charge on any atom is -0.300 e. The molecule has 2 bridgehead atoms. The molecule has 0 amide bonds. The average Bonchev–Trinajstić information content (AvgIpc) is 2.67. The molecular weight excluding hydrogens is 298 g/mol. The van der Waals surface area contributed by atoms with E-state index < -0.39 is 17.6 Å². The Kier molecular flexibility index (Phi) is 3.75. The van der Waals surface area contributed by atoms with Gasteiger partial charge in [0.25, 0.3) is 0 Å². The Labute approximate surface area is 126 Å². The van der Waals surface area contributed by atoms with Crippen LogP contribution in [0.15, 0.2) is 18.2 Å². The standard InChI is InChI=1S/C16H17F4NO/c1-21-11-3-4-12(21)7-10(6-11)15(22)9-2-5-14(17)13(8-9)16(18,19)20/h2,5,8,10-12H,3-4,6-7H2,1H3. The minimum atomic E-state index is -4.79. The monoisotopic (exact) mass is 315 g/mol. The van der Waals surface area contributed by atoms with Gasteiger partial charge in [0, 0.05) is 23.6 Å². The Hall–Kier alpha value is -1.43. The fourth-order valence-electron chi connectivity index (χ4n) is 3.76. The molecule has 2 unspecified atom stereocenters. The Bertz CT molecular complexity index is 584. The van der Waals surface area contributed by atoms with Crippen LogP contribution in [0.2, 0.25) is 0 Å². The smallest absolute Gasteiger partial charge is 0.300 e. The van der Waals surface area contributed by atoms with E-state index in [9.17, 15) is 22.4 Å². The number of carbonyl (C=O) groups excluding carboxylic acids is 1. The van der Waals surface area contributed by atoms with Crippen molar-refractivity contribution >= 4 is 5.78 Å². The van der Waals surface area contributed by atoms with Crippen molar-refractivity contribution in [2.45, 2.75) is 43.9 Å². The number of carbonyl (C=O) groups is 1. The molecule has 0 spiro atoms. The van der Waals surface area contributed by atoms with Gasteiger partial charge in [-0.15, -0.1) is 0 Å². The summed E-state index contributed by atoms with van der Waals surface area (Å²) in [5.74, 6) is -1.90. The molecule has 2 nitrogen and oxygen atoms in total. The highest BCUT2D eigenvalue weighted by Gasteiger charge is 2.41. The van der Waals surface area contributed by atoms with Crippen LogP contribution < -0.4 is 0 Å². The second-order valence-electron chi connectivity index (χ2n) is 6.28. The van der Waals surface area contributed by atoms with Crippen molar-refractivity contribution in [2.24, 2.45) is 5.92 Å². The first-order chi connectivity index (χ1) is 10.3. The number of alkyl halides is 3. The van der Waals surface area contributed by atoms with Crippen LogP contribution in [0.1, 0.15) is 41.6 Å². The van der Waals surface area contributed by atoms with Gasteiger partial charge in [-0.05, 0) is 50.9 Å². The molecule has 0 aliphatic carbocycles. The number of Topliss-reactive ketones (excluding diaryl/α,β-unsaturated/α-hetero) is 1. The van der Waals surface area contributed by atoms with E-state index in [4.69, 9.17) is 0 Å². The largest absolute Gasteiger partial charge is 0.419 e. The molecule has 120 valence electrons. The molecule has 2 atom stereocenters. The van der Waals surface area contributed by atoms with Gasteiger partial charge in [0.15, 0.2) is 5.78 Å². The van der Waals surface area contributed by atoms with Gasteiger partial charge in [-0.2, -0.15) is 13.2 Å². The van der Waals surface area contributed by atoms with E-state index in [1.54, 1.807) is 0 Å². The number of benzene rings is 1. The summed E-state index contributed by atoms with van der Waals surface area (Å²) in [6.45, 7) is 0. The van der Waals surface area contributed by atoms with E-state index in [1.807, 2.05) is 7.05 Å². The molecule has 0 aromatic heterocycles. The molecule has 2 heterocycles. The summed E-state index contributed by atoms with van der Waals surface area (Å²) >= 11 is 0. The molecule has 2 saturated heterocycles. The van der Waals surface area contributed by atoms with Crippen molar-refractivity contribution in [3.63, 3.8) is 0 Å². The van der Waals surface area contributed by atoms with E-state index >= 15 is 0 Å². The fraction of sp³-hybridized carbons (Fsp3) is 0.562. The van der Waals surface area contributed by atoms with Gasteiger partial charge in [-0.25, -0.2) is 4.39 Å². The van der Waals surface area contributed by atoms with Crippen LogP contribution in [0.5, 0.6) is 0 Å².